The molecule has 0 aliphatic rings. The van der Waals surface area contributed by atoms with Gasteiger partial charge in [-0.15, -0.1) is 0 Å². The SMILES string of the molecule is COc1cccc(COC(CBr)c2ccccc2OC)c1. The summed E-state index contributed by atoms with van der Waals surface area (Å²) < 4.78 is 16.6. The van der Waals surface area contributed by atoms with Crippen LogP contribution in [0.15, 0.2) is 48.5 Å². The lowest BCUT2D eigenvalue weighted by Crippen LogP contribution is -2.07. The lowest BCUT2D eigenvalue weighted by molar-refractivity contribution is 0.0549. The topological polar surface area (TPSA) is 27.7 Å². The van der Waals surface area contributed by atoms with E-state index in [1.165, 1.54) is 0 Å². The van der Waals surface area contributed by atoms with E-state index >= 15 is 0 Å². The van der Waals surface area contributed by atoms with Gasteiger partial charge in [0.05, 0.1) is 26.9 Å². The van der Waals surface area contributed by atoms with E-state index in [-0.39, 0.29) is 6.10 Å². The highest BCUT2D eigenvalue weighted by Gasteiger charge is 2.15. The average molecular weight is 351 g/mol. The van der Waals surface area contributed by atoms with E-state index in [1.54, 1.807) is 14.2 Å². The van der Waals surface area contributed by atoms with Crippen LogP contribution >= 0.6 is 15.9 Å². The molecule has 0 aliphatic heterocycles. The van der Waals surface area contributed by atoms with Crippen molar-refractivity contribution in [2.75, 3.05) is 19.5 Å². The van der Waals surface area contributed by atoms with Crippen LogP contribution in [0.25, 0.3) is 0 Å². The van der Waals surface area contributed by atoms with Gasteiger partial charge in [-0.25, -0.2) is 0 Å². The predicted molar refractivity (Wildman–Crippen MR) is 87.3 cm³/mol. The maximum Gasteiger partial charge on any atom is 0.124 e. The minimum atomic E-state index is -0.0626. The van der Waals surface area contributed by atoms with Crippen molar-refractivity contribution in [3.63, 3.8) is 0 Å². The Bertz CT molecular complexity index is 571. The number of para-hydroxylation sites is 1. The number of ether oxygens (including phenoxy) is 3. The number of hydrogen-bond donors (Lipinski definition) is 0. The van der Waals surface area contributed by atoms with Crippen LogP contribution < -0.4 is 9.47 Å². The van der Waals surface area contributed by atoms with E-state index in [4.69, 9.17) is 14.2 Å². The standard InChI is InChI=1S/C17H19BrO3/c1-19-14-7-5-6-13(10-14)12-21-17(11-18)15-8-3-4-9-16(15)20-2/h3-10,17H,11-12H2,1-2H3. The van der Waals surface area contributed by atoms with E-state index in [0.717, 1.165) is 22.6 Å². The monoisotopic (exact) mass is 350 g/mol. The Hall–Kier alpha value is -1.52. The molecule has 2 rings (SSSR count). The lowest BCUT2D eigenvalue weighted by atomic mass is 10.1. The highest BCUT2D eigenvalue weighted by atomic mass is 79.9. The normalized spacial score (nSPS) is 12.0. The summed E-state index contributed by atoms with van der Waals surface area (Å²) in [5.74, 6) is 1.68. The van der Waals surface area contributed by atoms with Gasteiger partial charge in [0, 0.05) is 10.9 Å². The molecule has 0 N–H and O–H groups in total. The zero-order chi connectivity index (χ0) is 15.1. The van der Waals surface area contributed by atoms with Crippen molar-refractivity contribution < 1.29 is 14.2 Å². The fraction of sp³-hybridized carbons (Fsp3) is 0.294. The molecule has 0 saturated carbocycles. The summed E-state index contributed by atoms with van der Waals surface area (Å²) in [5, 5.41) is 0.706. The quantitative estimate of drug-likeness (QED) is 0.694. The van der Waals surface area contributed by atoms with Gasteiger partial charge in [0.15, 0.2) is 0 Å². The summed E-state index contributed by atoms with van der Waals surface area (Å²) in [6.45, 7) is 0.519. The molecule has 0 aromatic heterocycles. The van der Waals surface area contributed by atoms with Crippen LogP contribution in [0.5, 0.6) is 11.5 Å². The molecule has 0 saturated heterocycles. The third kappa shape index (κ3) is 4.22. The highest BCUT2D eigenvalue weighted by molar-refractivity contribution is 9.09. The van der Waals surface area contributed by atoms with Gasteiger partial charge in [0.25, 0.3) is 0 Å². The lowest BCUT2D eigenvalue weighted by Gasteiger charge is -2.18. The molecule has 1 unspecified atom stereocenters. The molecular weight excluding hydrogens is 332 g/mol. The first-order chi connectivity index (χ1) is 10.3. The molecule has 2 aromatic rings. The molecule has 0 bridgehead atoms. The first-order valence-corrected chi connectivity index (χ1v) is 7.84. The van der Waals surface area contributed by atoms with Crippen LogP contribution in [0.3, 0.4) is 0 Å². The molecule has 0 amide bonds. The second-order valence-corrected chi connectivity index (χ2v) is 5.19. The Morgan fingerprint density at radius 3 is 2.52 bits per heavy atom. The molecule has 0 radical (unpaired) electrons. The Balaban J connectivity index is 2.08. The van der Waals surface area contributed by atoms with Gasteiger partial charge in [-0.05, 0) is 23.8 Å². The van der Waals surface area contributed by atoms with Crippen molar-refractivity contribution in [1.82, 2.24) is 0 Å². The van der Waals surface area contributed by atoms with Gasteiger partial charge in [-0.3, -0.25) is 0 Å². The fourth-order valence-electron chi connectivity index (χ4n) is 2.11. The third-order valence-electron chi connectivity index (χ3n) is 3.21. The van der Waals surface area contributed by atoms with Gasteiger partial charge in [0.2, 0.25) is 0 Å². The van der Waals surface area contributed by atoms with Crippen molar-refractivity contribution in [2.45, 2.75) is 12.7 Å². The molecule has 0 heterocycles. The summed E-state index contributed by atoms with van der Waals surface area (Å²) in [4.78, 5) is 0. The smallest absolute Gasteiger partial charge is 0.124 e. The molecule has 3 nitrogen and oxygen atoms in total. The molecule has 0 spiro atoms. The molecular formula is C17H19BrO3. The van der Waals surface area contributed by atoms with Gasteiger partial charge in [0.1, 0.15) is 11.5 Å². The summed E-state index contributed by atoms with van der Waals surface area (Å²) in [5.41, 5.74) is 2.12. The third-order valence-corrected chi connectivity index (χ3v) is 3.80. The zero-order valence-corrected chi connectivity index (χ0v) is 13.8. The molecule has 2 aromatic carbocycles. The maximum atomic E-state index is 6.02. The predicted octanol–water partition coefficient (Wildman–Crippen LogP) is 4.36. The number of alkyl halides is 1. The second kappa shape index (κ2) is 8.05. The molecule has 112 valence electrons. The summed E-state index contributed by atoms with van der Waals surface area (Å²) >= 11 is 3.51. The van der Waals surface area contributed by atoms with Crippen LogP contribution in [0, 0.1) is 0 Å². The van der Waals surface area contributed by atoms with Crippen LogP contribution in [-0.2, 0) is 11.3 Å². The molecule has 0 fully saturated rings. The van der Waals surface area contributed by atoms with E-state index < -0.39 is 0 Å². The van der Waals surface area contributed by atoms with E-state index in [9.17, 15) is 0 Å². The van der Waals surface area contributed by atoms with Crippen molar-refractivity contribution >= 4 is 15.9 Å². The van der Waals surface area contributed by atoms with Crippen molar-refractivity contribution in [2.24, 2.45) is 0 Å². The number of rotatable bonds is 7. The van der Waals surface area contributed by atoms with E-state index in [1.807, 2.05) is 48.5 Å². The van der Waals surface area contributed by atoms with Crippen molar-refractivity contribution in [1.29, 1.82) is 0 Å². The number of halogens is 1. The Kier molecular flexibility index (Phi) is 6.08. The molecule has 21 heavy (non-hydrogen) atoms. The van der Waals surface area contributed by atoms with E-state index in [0.29, 0.717) is 11.9 Å². The van der Waals surface area contributed by atoms with E-state index in [2.05, 4.69) is 15.9 Å². The fourth-order valence-corrected chi connectivity index (χ4v) is 2.64. The largest absolute Gasteiger partial charge is 0.497 e. The van der Waals surface area contributed by atoms with Gasteiger partial charge < -0.3 is 14.2 Å². The van der Waals surface area contributed by atoms with Gasteiger partial charge >= 0.3 is 0 Å². The van der Waals surface area contributed by atoms with Crippen LogP contribution in [0.4, 0.5) is 0 Å². The zero-order valence-electron chi connectivity index (χ0n) is 12.2. The summed E-state index contributed by atoms with van der Waals surface area (Å²) in [6, 6.07) is 15.8. The number of hydrogen-bond acceptors (Lipinski definition) is 3. The molecule has 1 atom stereocenters. The maximum absolute atomic E-state index is 6.02. The molecule has 4 heteroatoms. The summed E-state index contributed by atoms with van der Waals surface area (Å²) in [6.07, 6.45) is -0.0626. The van der Waals surface area contributed by atoms with Gasteiger partial charge in [-0.2, -0.15) is 0 Å². The number of methoxy groups -OCH3 is 2. The van der Waals surface area contributed by atoms with Crippen molar-refractivity contribution in [3.05, 3.63) is 59.7 Å². The van der Waals surface area contributed by atoms with Gasteiger partial charge in [-0.1, -0.05) is 46.3 Å². The minimum Gasteiger partial charge on any atom is -0.497 e. The van der Waals surface area contributed by atoms with Crippen molar-refractivity contribution in [3.8, 4) is 11.5 Å². The van der Waals surface area contributed by atoms with Crippen LogP contribution in [-0.4, -0.2) is 19.5 Å². The summed E-state index contributed by atoms with van der Waals surface area (Å²) in [7, 11) is 3.34. The Morgan fingerprint density at radius 1 is 1.00 bits per heavy atom. The average Bonchev–Trinajstić information content (AvgIpc) is 2.56. The highest BCUT2D eigenvalue weighted by Crippen LogP contribution is 2.29. The Labute approximate surface area is 134 Å². The Morgan fingerprint density at radius 2 is 1.81 bits per heavy atom. The molecule has 0 aliphatic carbocycles. The minimum absolute atomic E-state index is 0.0626. The first kappa shape index (κ1) is 15.9. The van der Waals surface area contributed by atoms with Crippen LogP contribution in [0.2, 0.25) is 0 Å². The number of benzene rings is 2. The first-order valence-electron chi connectivity index (χ1n) is 6.72. The van der Waals surface area contributed by atoms with Crippen LogP contribution in [0.1, 0.15) is 17.2 Å². The second-order valence-electron chi connectivity index (χ2n) is 4.55.